The molecule has 0 aliphatic rings. The van der Waals surface area contributed by atoms with Crippen molar-refractivity contribution in [3.63, 3.8) is 0 Å². The van der Waals surface area contributed by atoms with Gasteiger partial charge >= 0.3 is 5.97 Å². The Morgan fingerprint density at radius 1 is 1.38 bits per heavy atom. The lowest BCUT2D eigenvalue weighted by molar-refractivity contribution is -0.137. The minimum Gasteiger partial charge on any atom is -0.481 e. The molecule has 5 nitrogen and oxygen atoms in total. The molecule has 2 aromatic rings. The molecular weight excluding hydrogens is 444 g/mol. The summed E-state index contributed by atoms with van der Waals surface area (Å²) in [7, 11) is 0. The molecule has 9 heteroatoms. The van der Waals surface area contributed by atoms with Gasteiger partial charge in [0.25, 0.3) is 5.91 Å². The fourth-order valence-electron chi connectivity index (χ4n) is 1.56. The number of carboxylic acid groups (broad SMARTS) is 1. The van der Waals surface area contributed by atoms with Crippen LogP contribution in [-0.2, 0) is 11.2 Å². The Kier molecular flexibility index (Phi) is 5.91. The average molecular weight is 454 g/mol. The van der Waals surface area contributed by atoms with E-state index in [0.29, 0.717) is 23.5 Å². The Labute approximate surface area is 145 Å². The average Bonchev–Trinajstić information content (AvgIpc) is 2.95. The standard InChI is InChI=1S/C12H10Br2N2O3S2/c13-8-4-7(10(14)21-8)11(19)16-12-15-6(5-20-12)2-1-3-9(17)18/h4-5H,1-3H2,(H,17,18)(H,15,16,19). The zero-order valence-corrected chi connectivity index (χ0v) is 15.4. The van der Waals surface area contributed by atoms with Crippen LogP contribution < -0.4 is 5.32 Å². The van der Waals surface area contributed by atoms with Gasteiger partial charge in [-0.1, -0.05) is 0 Å². The highest BCUT2D eigenvalue weighted by molar-refractivity contribution is 9.12. The van der Waals surface area contributed by atoms with Crippen LogP contribution in [0.3, 0.4) is 0 Å². The lowest BCUT2D eigenvalue weighted by Crippen LogP contribution is -2.11. The third-order valence-electron chi connectivity index (χ3n) is 2.50. The molecule has 0 radical (unpaired) electrons. The number of carboxylic acids is 1. The second kappa shape index (κ2) is 7.48. The molecule has 0 bridgehead atoms. The SMILES string of the molecule is O=C(O)CCCc1csc(NC(=O)c2cc(Br)sc2Br)n1. The van der Waals surface area contributed by atoms with E-state index in [4.69, 9.17) is 5.11 Å². The van der Waals surface area contributed by atoms with E-state index in [1.54, 1.807) is 6.07 Å². The summed E-state index contributed by atoms with van der Waals surface area (Å²) in [6.45, 7) is 0. The van der Waals surface area contributed by atoms with E-state index < -0.39 is 5.97 Å². The van der Waals surface area contributed by atoms with Crippen LogP contribution in [-0.4, -0.2) is 22.0 Å². The minimum atomic E-state index is -0.813. The van der Waals surface area contributed by atoms with Crippen LogP contribution in [0.1, 0.15) is 28.9 Å². The van der Waals surface area contributed by atoms with Crippen molar-refractivity contribution in [3.8, 4) is 0 Å². The molecule has 2 heterocycles. The maximum absolute atomic E-state index is 12.1. The van der Waals surface area contributed by atoms with Gasteiger partial charge < -0.3 is 5.11 Å². The van der Waals surface area contributed by atoms with Crippen molar-refractivity contribution in [1.82, 2.24) is 4.98 Å². The number of aryl methyl sites for hydroxylation is 1. The van der Waals surface area contributed by atoms with Crippen LogP contribution in [0, 0.1) is 0 Å². The fraction of sp³-hybridized carbons (Fsp3) is 0.250. The monoisotopic (exact) mass is 452 g/mol. The van der Waals surface area contributed by atoms with Gasteiger partial charge in [-0.05, 0) is 50.8 Å². The van der Waals surface area contributed by atoms with Gasteiger partial charge in [-0.3, -0.25) is 14.9 Å². The maximum Gasteiger partial charge on any atom is 0.303 e. The third kappa shape index (κ3) is 4.87. The van der Waals surface area contributed by atoms with E-state index in [-0.39, 0.29) is 12.3 Å². The molecular formula is C12H10Br2N2O3S2. The highest BCUT2D eigenvalue weighted by Crippen LogP contribution is 2.32. The van der Waals surface area contributed by atoms with E-state index >= 15 is 0 Å². The number of halogens is 2. The molecule has 2 N–H and O–H groups in total. The van der Waals surface area contributed by atoms with Gasteiger partial charge in [-0.2, -0.15) is 0 Å². The molecule has 0 saturated heterocycles. The van der Waals surface area contributed by atoms with Gasteiger partial charge in [0.15, 0.2) is 5.13 Å². The second-order valence-electron chi connectivity index (χ2n) is 4.08. The van der Waals surface area contributed by atoms with E-state index in [2.05, 4.69) is 42.2 Å². The Morgan fingerprint density at radius 3 is 2.76 bits per heavy atom. The first-order valence-corrected chi connectivity index (χ1v) is 9.16. The van der Waals surface area contributed by atoms with Gasteiger partial charge in [-0.25, -0.2) is 4.98 Å². The van der Waals surface area contributed by atoms with Crippen LogP contribution >= 0.6 is 54.5 Å². The molecule has 0 saturated carbocycles. The summed E-state index contributed by atoms with van der Waals surface area (Å²) in [6, 6.07) is 1.74. The molecule has 0 spiro atoms. The quantitative estimate of drug-likeness (QED) is 0.679. The number of amides is 1. The second-order valence-corrected chi connectivity index (χ2v) is 8.69. The van der Waals surface area contributed by atoms with Crippen LogP contribution in [0.4, 0.5) is 5.13 Å². The molecule has 0 atom stereocenters. The van der Waals surface area contributed by atoms with Crippen LogP contribution in [0.2, 0.25) is 0 Å². The van der Waals surface area contributed by atoms with Crippen LogP contribution in [0.25, 0.3) is 0 Å². The first kappa shape index (κ1) is 16.6. The van der Waals surface area contributed by atoms with Gasteiger partial charge in [0.05, 0.1) is 18.8 Å². The first-order valence-electron chi connectivity index (χ1n) is 5.88. The summed E-state index contributed by atoms with van der Waals surface area (Å²) >= 11 is 9.42. The summed E-state index contributed by atoms with van der Waals surface area (Å²) in [5.41, 5.74) is 1.34. The Bertz CT molecular complexity index is 669. The summed E-state index contributed by atoms with van der Waals surface area (Å²) < 4.78 is 1.62. The first-order chi connectivity index (χ1) is 9.95. The van der Waals surface area contributed by atoms with Gasteiger partial charge in [0, 0.05) is 11.8 Å². The molecule has 2 aromatic heterocycles. The third-order valence-corrected chi connectivity index (χ3v) is 5.64. The number of anilines is 1. The predicted molar refractivity (Wildman–Crippen MR) is 90.4 cm³/mol. The maximum atomic E-state index is 12.1. The molecule has 0 aliphatic carbocycles. The number of rotatable bonds is 6. The predicted octanol–water partition coefficient (Wildman–Crippen LogP) is 4.39. The zero-order chi connectivity index (χ0) is 15.4. The summed E-state index contributed by atoms with van der Waals surface area (Å²) in [5.74, 6) is -1.04. The lowest BCUT2D eigenvalue weighted by atomic mass is 10.2. The number of hydrogen-bond donors (Lipinski definition) is 2. The number of carbonyl (C=O) groups excluding carboxylic acids is 1. The van der Waals surface area contributed by atoms with Crippen molar-refractivity contribution < 1.29 is 14.7 Å². The van der Waals surface area contributed by atoms with Crippen molar-refractivity contribution in [2.75, 3.05) is 5.32 Å². The topological polar surface area (TPSA) is 79.3 Å². The van der Waals surface area contributed by atoms with Crippen molar-refractivity contribution in [1.29, 1.82) is 0 Å². The highest BCUT2D eigenvalue weighted by Gasteiger charge is 2.15. The number of thiophene rings is 1. The number of aliphatic carboxylic acids is 1. The summed E-state index contributed by atoms with van der Waals surface area (Å²) in [4.78, 5) is 26.8. The normalized spacial score (nSPS) is 10.6. The molecule has 1 amide bonds. The molecule has 0 fully saturated rings. The van der Waals surface area contributed by atoms with Crippen molar-refractivity contribution in [2.45, 2.75) is 19.3 Å². The van der Waals surface area contributed by atoms with E-state index in [1.165, 1.54) is 22.7 Å². The fourth-order valence-corrected chi connectivity index (χ4v) is 5.09. The van der Waals surface area contributed by atoms with Crippen molar-refractivity contribution in [2.24, 2.45) is 0 Å². The van der Waals surface area contributed by atoms with Crippen molar-refractivity contribution in [3.05, 3.63) is 30.3 Å². The number of hydrogen-bond acceptors (Lipinski definition) is 5. The Balaban J connectivity index is 1.94. The van der Waals surface area contributed by atoms with Gasteiger partial charge in [0.1, 0.15) is 0 Å². The molecule has 2 rings (SSSR count). The number of aromatic nitrogens is 1. The van der Waals surface area contributed by atoms with Crippen LogP contribution in [0.15, 0.2) is 19.0 Å². The zero-order valence-electron chi connectivity index (χ0n) is 10.6. The van der Waals surface area contributed by atoms with Crippen LogP contribution in [0.5, 0.6) is 0 Å². The summed E-state index contributed by atoms with van der Waals surface area (Å²) in [6.07, 6.45) is 1.25. The van der Waals surface area contributed by atoms with Gasteiger partial charge in [0.2, 0.25) is 0 Å². The molecule has 112 valence electrons. The molecule has 0 unspecified atom stereocenters. The van der Waals surface area contributed by atoms with E-state index in [0.717, 1.165) is 13.3 Å². The Morgan fingerprint density at radius 2 is 2.14 bits per heavy atom. The van der Waals surface area contributed by atoms with Gasteiger partial charge in [-0.15, -0.1) is 22.7 Å². The van der Waals surface area contributed by atoms with Crippen molar-refractivity contribution >= 4 is 71.5 Å². The van der Waals surface area contributed by atoms with E-state index in [9.17, 15) is 9.59 Å². The number of thiazole rings is 1. The highest BCUT2D eigenvalue weighted by atomic mass is 79.9. The number of carbonyl (C=O) groups is 2. The number of nitrogens with zero attached hydrogens (tertiary/aromatic N) is 1. The Hall–Kier alpha value is -0.770. The van der Waals surface area contributed by atoms with E-state index in [1.807, 2.05) is 5.38 Å². The lowest BCUT2D eigenvalue weighted by Gasteiger charge is -1.99. The summed E-state index contributed by atoms with van der Waals surface area (Å²) in [5, 5.41) is 13.7. The minimum absolute atomic E-state index is 0.120. The number of nitrogens with one attached hydrogen (secondary N) is 1. The molecule has 0 aromatic carbocycles. The largest absolute Gasteiger partial charge is 0.481 e. The smallest absolute Gasteiger partial charge is 0.303 e. The molecule has 21 heavy (non-hydrogen) atoms. The molecule has 0 aliphatic heterocycles.